The van der Waals surface area contributed by atoms with Crippen LogP contribution in [0.5, 0.6) is 0 Å². The van der Waals surface area contributed by atoms with Gasteiger partial charge in [0.1, 0.15) is 11.4 Å². The Balaban J connectivity index is 1.93. The number of carboxylic acid groups (broad SMARTS) is 1. The molecule has 20 heavy (non-hydrogen) atoms. The van der Waals surface area contributed by atoms with E-state index in [4.69, 9.17) is 9.84 Å². The molecule has 0 aromatic carbocycles. The summed E-state index contributed by atoms with van der Waals surface area (Å²) in [6, 6.07) is 3.43. The normalized spacial score (nSPS) is 21.1. The first-order valence-electron chi connectivity index (χ1n) is 6.45. The van der Waals surface area contributed by atoms with Crippen molar-refractivity contribution in [2.24, 2.45) is 5.92 Å². The van der Waals surface area contributed by atoms with Gasteiger partial charge in [0, 0.05) is 6.20 Å². The molecule has 0 spiro atoms. The first-order chi connectivity index (χ1) is 9.26. The SMILES string of the molecule is CC(C)(C)OC(=O)Nc1ccc(C2CC2C(=O)O)cn1. The second-order valence-corrected chi connectivity index (χ2v) is 5.89. The lowest BCUT2D eigenvalue weighted by Crippen LogP contribution is -2.27. The van der Waals surface area contributed by atoms with E-state index in [2.05, 4.69) is 10.3 Å². The fraction of sp³-hybridized carbons (Fsp3) is 0.500. The standard InChI is InChI=1S/C14H18N2O4/c1-14(2,3)20-13(19)16-11-5-4-8(7-15-11)9-6-10(9)12(17)18/h4-5,7,9-10H,6H2,1-3H3,(H,17,18)(H,15,16,19). The van der Waals surface area contributed by atoms with Gasteiger partial charge in [0.25, 0.3) is 0 Å². The van der Waals surface area contributed by atoms with Crippen molar-refractivity contribution in [1.82, 2.24) is 4.98 Å². The summed E-state index contributed by atoms with van der Waals surface area (Å²) in [4.78, 5) is 26.4. The highest BCUT2D eigenvalue weighted by molar-refractivity contribution is 5.83. The van der Waals surface area contributed by atoms with Crippen LogP contribution in [0, 0.1) is 5.92 Å². The predicted molar refractivity (Wildman–Crippen MR) is 72.6 cm³/mol. The Labute approximate surface area is 117 Å². The van der Waals surface area contributed by atoms with Crippen LogP contribution in [-0.4, -0.2) is 27.8 Å². The van der Waals surface area contributed by atoms with Crippen LogP contribution in [-0.2, 0) is 9.53 Å². The van der Waals surface area contributed by atoms with E-state index >= 15 is 0 Å². The second-order valence-electron chi connectivity index (χ2n) is 5.89. The Morgan fingerprint density at radius 2 is 2.10 bits per heavy atom. The molecule has 0 bridgehead atoms. The molecule has 1 aromatic heterocycles. The Hall–Kier alpha value is -2.11. The molecule has 0 saturated heterocycles. The number of ether oxygens (including phenoxy) is 1. The molecular formula is C14H18N2O4. The van der Waals surface area contributed by atoms with E-state index in [0.717, 1.165) is 5.56 Å². The zero-order chi connectivity index (χ0) is 14.9. The summed E-state index contributed by atoms with van der Waals surface area (Å²) >= 11 is 0. The molecule has 1 saturated carbocycles. The van der Waals surface area contributed by atoms with E-state index in [-0.39, 0.29) is 11.8 Å². The van der Waals surface area contributed by atoms with Crippen molar-refractivity contribution in [3.63, 3.8) is 0 Å². The molecular weight excluding hydrogens is 260 g/mol. The minimum absolute atomic E-state index is 0.0376. The fourth-order valence-electron chi connectivity index (χ4n) is 1.94. The first-order valence-corrected chi connectivity index (χ1v) is 6.45. The minimum atomic E-state index is -0.772. The van der Waals surface area contributed by atoms with Gasteiger partial charge in [0.15, 0.2) is 0 Å². The smallest absolute Gasteiger partial charge is 0.413 e. The van der Waals surface area contributed by atoms with Crippen LogP contribution in [0.3, 0.4) is 0 Å². The highest BCUT2D eigenvalue weighted by Crippen LogP contribution is 2.47. The summed E-state index contributed by atoms with van der Waals surface area (Å²) < 4.78 is 5.11. The number of aromatic nitrogens is 1. The Kier molecular flexibility index (Phi) is 3.65. The summed E-state index contributed by atoms with van der Waals surface area (Å²) in [6.07, 6.45) is 1.68. The van der Waals surface area contributed by atoms with Gasteiger partial charge in [-0.25, -0.2) is 9.78 Å². The third-order valence-corrected chi connectivity index (χ3v) is 2.95. The molecule has 2 atom stereocenters. The molecule has 1 fully saturated rings. The second kappa shape index (κ2) is 5.11. The fourth-order valence-corrected chi connectivity index (χ4v) is 1.94. The third kappa shape index (κ3) is 3.69. The molecule has 0 aliphatic heterocycles. The van der Waals surface area contributed by atoms with Gasteiger partial charge in [-0.15, -0.1) is 0 Å². The van der Waals surface area contributed by atoms with Gasteiger partial charge in [0.2, 0.25) is 0 Å². The summed E-state index contributed by atoms with van der Waals surface area (Å²) in [6.45, 7) is 5.34. The predicted octanol–water partition coefficient (Wildman–Crippen LogP) is 2.62. The zero-order valence-electron chi connectivity index (χ0n) is 11.7. The number of hydrogen-bond acceptors (Lipinski definition) is 4. The van der Waals surface area contributed by atoms with E-state index in [9.17, 15) is 9.59 Å². The van der Waals surface area contributed by atoms with Crippen LogP contribution in [0.25, 0.3) is 0 Å². The first kappa shape index (κ1) is 14.3. The van der Waals surface area contributed by atoms with Gasteiger partial charge in [0.05, 0.1) is 5.92 Å². The number of rotatable bonds is 3. The number of amides is 1. The van der Waals surface area contributed by atoms with E-state index in [1.54, 1.807) is 39.1 Å². The highest BCUT2D eigenvalue weighted by Gasteiger charge is 2.44. The molecule has 6 nitrogen and oxygen atoms in total. The van der Waals surface area contributed by atoms with Crippen molar-refractivity contribution in [2.75, 3.05) is 5.32 Å². The summed E-state index contributed by atoms with van der Waals surface area (Å²) in [5.74, 6) is -0.654. The maximum absolute atomic E-state index is 11.5. The quantitative estimate of drug-likeness (QED) is 0.887. The van der Waals surface area contributed by atoms with Crippen LogP contribution in [0.4, 0.5) is 10.6 Å². The van der Waals surface area contributed by atoms with E-state index in [1.165, 1.54) is 0 Å². The van der Waals surface area contributed by atoms with Gasteiger partial charge >= 0.3 is 12.1 Å². The van der Waals surface area contributed by atoms with Crippen LogP contribution in [0.15, 0.2) is 18.3 Å². The molecule has 1 amide bonds. The van der Waals surface area contributed by atoms with Crippen LogP contribution < -0.4 is 5.32 Å². The lowest BCUT2D eigenvalue weighted by atomic mass is 10.1. The van der Waals surface area contributed by atoms with Gasteiger partial charge in [-0.2, -0.15) is 0 Å². The number of aliphatic carboxylic acids is 1. The topological polar surface area (TPSA) is 88.5 Å². The van der Waals surface area contributed by atoms with Crippen molar-refractivity contribution in [2.45, 2.75) is 38.7 Å². The average molecular weight is 278 g/mol. The number of anilines is 1. The number of nitrogens with one attached hydrogen (secondary N) is 1. The van der Waals surface area contributed by atoms with Gasteiger partial charge in [-0.1, -0.05) is 6.07 Å². The Morgan fingerprint density at radius 3 is 2.55 bits per heavy atom. The minimum Gasteiger partial charge on any atom is -0.481 e. The van der Waals surface area contributed by atoms with Gasteiger partial charge < -0.3 is 9.84 Å². The van der Waals surface area contributed by atoms with Crippen molar-refractivity contribution in [3.8, 4) is 0 Å². The molecule has 1 aliphatic carbocycles. The lowest BCUT2D eigenvalue weighted by molar-refractivity contribution is -0.138. The van der Waals surface area contributed by atoms with Crippen LogP contribution in [0.2, 0.25) is 0 Å². The van der Waals surface area contributed by atoms with Crippen molar-refractivity contribution in [3.05, 3.63) is 23.9 Å². The summed E-state index contributed by atoms with van der Waals surface area (Å²) in [5, 5.41) is 11.4. The molecule has 1 aliphatic rings. The van der Waals surface area contributed by atoms with E-state index in [0.29, 0.717) is 12.2 Å². The molecule has 108 valence electrons. The zero-order valence-corrected chi connectivity index (χ0v) is 11.7. The van der Waals surface area contributed by atoms with Crippen molar-refractivity contribution < 1.29 is 19.4 Å². The van der Waals surface area contributed by atoms with Crippen molar-refractivity contribution >= 4 is 17.9 Å². The molecule has 2 rings (SSSR count). The number of carbonyl (C=O) groups excluding carboxylic acids is 1. The molecule has 1 aromatic rings. The van der Waals surface area contributed by atoms with Gasteiger partial charge in [-0.05, 0) is 44.7 Å². The number of carbonyl (C=O) groups is 2. The molecule has 2 N–H and O–H groups in total. The number of hydrogen-bond donors (Lipinski definition) is 2. The summed E-state index contributed by atoms with van der Waals surface area (Å²) in [5.41, 5.74) is 0.319. The maximum atomic E-state index is 11.5. The molecule has 2 unspecified atom stereocenters. The Bertz CT molecular complexity index is 519. The lowest BCUT2D eigenvalue weighted by Gasteiger charge is -2.19. The van der Waals surface area contributed by atoms with E-state index in [1.807, 2.05) is 0 Å². The monoisotopic (exact) mass is 278 g/mol. The molecule has 6 heteroatoms. The third-order valence-electron chi connectivity index (χ3n) is 2.95. The average Bonchev–Trinajstić information content (AvgIpc) is 3.07. The number of carboxylic acids is 1. The maximum Gasteiger partial charge on any atom is 0.413 e. The van der Waals surface area contributed by atoms with E-state index < -0.39 is 17.7 Å². The molecule has 1 heterocycles. The van der Waals surface area contributed by atoms with Crippen LogP contribution >= 0.6 is 0 Å². The van der Waals surface area contributed by atoms with Gasteiger partial charge in [-0.3, -0.25) is 10.1 Å². The van der Waals surface area contributed by atoms with Crippen LogP contribution in [0.1, 0.15) is 38.7 Å². The molecule has 0 radical (unpaired) electrons. The Morgan fingerprint density at radius 1 is 1.40 bits per heavy atom. The largest absolute Gasteiger partial charge is 0.481 e. The summed E-state index contributed by atoms with van der Waals surface area (Å²) in [7, 11) is 0. The van der Waals surface area contributed by atoms with Crippen molar-refractivity contribution in [1.29, 1.82) is 0 Å². The number of nitrogens with zero attached hydrogens (tertiary/aromatic N) is 1. The number of pyridine rings is 1. The highest BCUT2D eigenvalue weighted by atomic mass is 16.6.